The van der Waals surface area contributed by atoms with Gasteiger partial charge in [0.1, 0.15) is 31.0 Å². The average molecular weight is 741 g/mol. The molecular weight excluding hydrogens is 664 g/mol. The molecule has 52 heavy (non-hydrogen) atoms. The molecule has 304 valence electrons. The Morgan fingerprint density at radius 2 is 1.13 bits per heavy atom. The molecule has 0 saturated carbocycles. The fourth-order valence-corrected chi connectivity index (χ4v) is 6.33. The van der Waals surface area contributed by atoms with Crippen molar-refractivity contribution in [2.24, 2.45) is 0 Å². The van der Waals surface area contributed by atoms with E-state index in [1.807, 2.05) is 12.2 Å². The monoisotopic (exact) mass is 741 g/mol. The van der Waals surface area contributed by atoms with Gasteiger partial charge in [0.15, 0.2) is 12.4 Å². The highest BCUT2D eigenvalue weighted by Crippen LogP contribution is 2.22. The first-order chi connectivity index (χ1) is 25.3. The maximum atomic E-state index is 12.6. The van der Waals surface area contributed by atoms with Crippen molar-refractivity contribution < 1.29 is 49.0 Å². The molecule has 1 heterocycles. The standard InChI is InChI=1S/C42H76O10/c1-3-5-7-9-11-13-15-17-18-19-21-23-25-27-29-31-38(45)51-35(34-50-42-41(48)40(47)39(46)36(32-43)52-42)33-49-37(44)30-28-26-24-22-20-16-14-12-10-8-6-4-2/h25,27,29,31,35-36,39-43,46-48H,3-24,26,28,30,32-34H2,1-2H3/b27-25+,31-29+/t35-,36-,39+,40?,41?,42-/m1/s1. The molecule has 0 aromatic carbocycles. The average Bonchev–Trinajstić information content (AvgIpc) is 3.14. The topological polar surface area (TPSA) is 152 Å². The van der Waals surface area contributed by atoms with Gasteiger partial charge in [0.25, 0.3) is 0 Å². The summed E-state index contributed by atoms with van der Waals surface area (Å²) in [5.74, 6) is -1.05. The Bertz CT molecular complexity index is 907. The van der Waals surface area contributed by atoms with Gasteiger partial charge in [-0.1, -0.05) is 167 Å². The highest BCUT2D eigenvalue weighted by Gasteiger charge is 2.44. The quantitative estimate of drug-likeness (QED) is 0.0220. The van der Waals surface area contributed by atoms with Crippen LogP contribution < -0.4 is 0 Å². The van der Waals surface area contributed by atoms with Crippen molar-refractivity contribution in [2.75, 3.05) is 19.8 Å². The molecule has 0 aromatic rings. The van der Waals surface area contributed by atoms with E-state index in [4.69, 9.17) is 18.9 Å². The maximum absolute atomic E-state index is 12.6. The largest absolute Gasteiger partial charge is 0.462 e. The molecule has 0 aliphatic carbocycles. The number of carbonyl (C=O) groups is 2. The number of allylic oxidation sites excluding steroid dienone is 3. The van der Waals surface area contributed by atoms with Crippen molar-refractivity contribution in [3.05, 3.63) is 24.3 Å². The number of hydrogen-bond acceptors (Lipinski definition) is 10. The molecule has 0 spiro atoms. The lowest BCUT2D eigenvalue weighted by Crippen LogP contribution is -2.59. The number of aliphatic hydroxyl groups is 4. The molecule has 0 radical (unpaired) electrons. The van der Waals surface area contributed by atoms with Crippen LogP contribution in [0.25, 0.3) is 0 Å². The van der Waals surface area contributed by atoms with E-state index in [1.54, 1.807) is 6.08 Å². The van der Waals surface area contributed by atoms with Crippen LogP contribution in [0.5, 0.6) is 0 Å². The first-order valence-electron chi connectivity index (χ1n) is 21.0. The van der Waals surface area contributed by atoms with Gasteiger partial charge in [-0.25, -0.2) is 4.79 Å². The predicted octanol–water partition coefficient (Wildman–Crippen LogP) is 8.16. The zero-order chi connectivity index (χ0) is 38.1. The van der Waals surface area contributed by atoms with Crippen molar-refractivity contribution in [3.63, 3.8) is 0 Å². The minimum absolute atomic E-state index is 0.259. The summed E-state index contributed by atoms with van der Waals surface area (Å²) >= 11 is 0. The van der Waals surface area contributed by atoms with Gasteiger partial charge in [0.05, 0.1) is 13.2 Å². The van der Waals surface area contributed by atoms with E-state index in [9.17, 15) is 30.0 Å². The Labute approximate surface area is 315 Å². The third kappa shape index (κ3) is 25.2. The summed E-state index contributed by atoms with van der Waals surface area (Å²) in [6.45, 7) is 3.30. The number of ether oxygens (including phenoxy) is 4. The SMILES string of the molecule is CCCCCCCCCCCCC/C=C/C=C/C(=O)O[C@H](COC(=O)CCCCCCCCCCCCCC)CO[C@@H]1O[C@H](CO)[C@H](O)C(O)C1O. The van der Waals surface area contributed by atoms with Crippen LogP contribution in [0.3, 0.4) is 0 Å². The summed E-state index contributed by atoms with van der Waals surface area (Å²) in [5.41, 5.74) is 0. The van der Waals surface area contributed by atoms with Gasteiger partial charge in [-0.3, -0.25) is 4.79 Å². The number of hydrogen-bond donors (Lipinski definition) is 4. The number of aliphatic hydroxyl groups excluding tert-OH is 4. The fraction of sp³-hybridized carbons (Fsp3) is 0.857. The molecular formula is C42H76O10. The number of unbranched alkanes of at least 4 members (excludes halogenated alkanes) is 22. The molecule has 1 aliphatic heterocycles. The molecule has 6 atom stereocenters. The van der Waals surface area contributed by atoms with Gasteiger partial charge >= 0.3 is 11.9 Å². The Hall–Kier alpha value is -1.82. The second-order valence-corrected chi connectivity index (χ2v) is 14.5. The summed E-state index contributed by atoms with van der Waals surface area (Å²) < 4.78 is 21.9. The number of esters is 2. The lowest BCUT2D eigenvalue weighted by atomic mass is 9.99. The summed E-state index contributed by atoms with van der Waals surface area (Å²) in [6.07, 6.45) is 28.2. The molecule has 0 amide bonds. The Kier molecular flexibility index (Phi) is 31.3. The second kappa shape index (κ2) is 33.7. The number of carbonyl (C=O) groups excluding carboxylic acids is 2. The summed E-state index contributed by atoms with van der Waals surface area (Å²) in [6, 6.07) is 0. The van der Waals surface area contributed by atoms with Crippen molar-refractivity contribution in [3.8, 4) is 0 Å². The van der Waals surface area contributed by atoms with Crippen molar-refractivity contribution in [1.29, 1.82) is 0 Å². The van der Waals surface area contributed by atoms with Gasteiger partial charge in [-0.15, -0.1) is 0 Å². The molecule has 1 saturated heterocycles. The van der Waals surface area contributed by atoms with Crippen LogP contribution in [0.2, 0.25) is 0 Å². The Morgan fingerprint density at radius 3 is 1.65 bits per heavy atom. The molecule has 4 N–H and O–H groups in total. The zero-order valence-corrected chi connectivity index (χ0v) is 32.8. The lowest BCUT2D eigenvalue weighted by Gasteiger charge is -2.39. The van der Waals surface area contributed by atoms with Gasteiger partial charge in [-0.05, 0) is 19.3 Å². The minimum atomic E-state index is -1.61. The van der Waals surface area contributed by atoms with E-state index < -0.39 is 55.4 Å². The van der Waals surface area contributed by atoms with E-state index in [0.29, 0.717) is 0 Å². The molecule has 1 aliphatic rings. The first-order valence-corrected chi connectivity index (χ1v) is 21.0. The van der Waals surface area contributed by atoms with Gasteiger partial charge < -0.3 is 39.4 Å². The third-order valence-corrected chi connectivity index (χ3v) is 9.70. The van der Waals surface area contributed by atoms with Gasteiger partial charge in [0.2, 0.25) is 0 Å². The van der Waals surface area contributed by atoms with Crippen molar-refractivity contribution >= 4 is 11.9 Å². The normalized spacial score (nSPS) is 21.2. The minimum Gasteiger partial charge on any atom is -0.462 e. The van der Waals surface area contributed by atoms with Crippen LogP contribution in [0.1, 0.15) is 174 Å². The Balaban J connectivity index is 2.42. The fourth-order valence-electron chi connectivity index (χ4n) is 6.33. The second-order valence-electron chi connectivity index (χ2n) is 14.5. The smallest absolute Gasteiger partial charge is 0.331 e. The van der Waals surface area contributed by atoms with Crippen LogP contribution in [0.4, 0.5) is 0 Å². The van der Waals surface area contributed by atoms with Crippen molar-refractivity contribution in [1.82, 2.24) is 0 Å². The summed E-state index contributed by atoms with van der Waals surface area (Å²) in [7, 11) is 0. The highest BCUT2D eigenvalue weighted by molar-refractivity contribution is 5.82. The molecule has 1 rings (SSSR count). The summed E-state index contributed by atoms with van der Waals surface area (Å²) in [4.78, 5) is 25.1. The van der Waals surface area contributed by atoms with Crippen LogP contribution in [-0.4, -0.2) is 89.0 Å². The Morgan fingerprint density at radius 1 is 0.635 bits per heavy atom. The van der Waals surface area contributed by atoms with E-state index >= 15 is 0 Å². The molecule has 0 aromatic heterocycles. The maximum Gasteiger partial charge on any atom is 0.331 e. The molecule has 10 heteroatoms. The van der Waals surface area contributed by atoms with E-state index in [1.165, 1.54) is 128 Å². The molecule has 1 fully saturated rings. The molecule has 2 unspecified atom stereocenters. The van der Waals surface area contributed by atoms with Gasteiger partial charge in [0, 0.05) is 12.5 Å². The van der Waals surface area contributed by atoms with Crippen LogP contribution in [-0.2, 0) is 28.5 Å². The first kappa shape index (κ1) is 48.2. The van der Waals surface area contributed by atoms with Crippen LogP contribution >= 0.6 is 0 Å². The predicted molar refractivity (Wildman–Crippen MR) is 206 cm³/mol. The number of rotatable bonds is 34. The van der Waals surface area contributed by atoms with E-state index in [0.717, 1.165) is 32.1 Å². The van der Waals surface area contributed by atoms with Crippen LogP contribution in [0, 0.1) is 0 Å². The molecule has 10 nitrogen and oxygen atoms in total. The van der Waals surface area contributed by atoms with E-state index in [2.05, 4.69) is 13.8 Å². The lowest BCUT2D eigenvalue weighted by molar-refractivity contribution is -0.305. The zero-order valence-electron chi connectivity index (χ0n) is 32.8. The van der Waals surface area contributed by atoms with Gasteiger partial charge in [-0.2, -0.15) is 0 Å². The van der Waals surface area contributed by atoms with Crippen molar-refractivity contribution in [2.45, 2.75) is 211 Å². The molecule has 0 bridgehead atoms. The third-order valence-electron chi connectivity index (χ3n) is 9.70. The van der Waals surface area contributed by atoms with E-state index in [-0.39, 0.29) is 19.6 Å². The highest BCUT2D eigenvalue weighted by atomic mass is 16.7. The summed E-state index contributed by atoms with van der Waals surface area (Å²) in [5, 5.41) is 39.9. The van der Waals surface area contributed by atoms with Crippen LogP contribution in [0.15, 0.2) is 24.3 Å².